The van der Waals surface area contributed by atoms with E-state index < -0.39 is 11.7 Å². The molecule has 1 heterocycles. The lowest BCUT2D eigenvalue weighted by molar-refractivity contribution is -0.132. The molecule has 0 aromatic heterocycles. The smallest absolute Gasteiger partial charge is 0.407 e. The van der Waals surface area contributed by atoms with Gasteiger partial charge in [-0.15, -0.1) is 0 Å². The van der Waals surface area contributed by atoms with Crippen LogP contribution in [0.25, 0.3) is 0 Å². The van der Waals surface area contributed by atoms with Crippen molar-refractivity contribution in [3.05, 3.63) is 0 Å². The molecule has 6 nitrogen and oxygen atoms in total. The van der Waals surface area contributed by atoms with Crippen LogP contribution < -0.4 is 5.32 Å². The van der Waals surface area contributed by atoms with Crippen molar-refractivity contribution in [1.82, 2.24) is 15.1 Å². The second-order valence-electron chi connectivity index (χ2n) is 7.54. The Kier molecular flexibility index (Phi) is 7.32. The van der Waals surface area contributed by atoms with Crippen molar-refractivity contribution in [2.24, 2.45) is 0 Å². The van der Waals surface area contributed by atoms with E-state index in [0.717, 1.165) is 25.9 Å². The van der Waals surface area contributed by atoms with Gasteiger partial charge >= 0.3 is 6.09 Å². The fourth-order valence-electron chi connectivity index (χ4n) is 2.76. The molecule has 0 saturated carbocycles. The molecule has 1 rings (SSSR count). The van der Waals surface area contributed by atoms with Crippen molar-refractivity contribution in [3.8, 4) is 0 Å². The van der Waals surface area contributed by atoms with Crippen molar-refractivity contribution in [2.75, 3.05) is 26.7 Å². The fourth-order valence-corrected chi connectivity index (χ4v) is 2.76. The number of alkyl carbamates (subject to hydrolysis) is 1. The van der Waals surface area contributed by atoms with Crippen molar-refractivity contribution in [3.63, 3.8) is 0 Å². The van der Waals surface area contributed by atoms with Crippen LogP contribution in [0.5, 0.6) is 0 Å². The highest BCUT2D eigenvalue weighted by molar-refractivity contribution is 5.77. The average molecular weight is 327 g/mol. The Morgan fingerprint density at radius 1 is 1.26 bits per heavy atom. The lowest BCUT2D eigenvalue weighted by Crippen LogP contribution is -2.47. The van der Waals surface area contributed by atoms with Gasteiger partial charge in [0, 0.05) is 45.2 Å². The highest BCUT2D eigenvalue weighted by Gasteiger charge is 2.26. The molecule has 0 aromatic rings. The molecule has 1 aliphatic heterocycles. The topological polar surface area (TPSA) is 61.9 Å². The quantitative estimate of drug-likeness (QED) is 0.841. The minimum Gasteiger partial charge on any atom is -0.444 e. The van der Waals surface area contributed by atoms with Gasteiger partial charge < -0.3 is 19.9 Å². The predicted molar refractivity (Wildman–Crippen MR) is 91.4 cm³/mol. The molecule has 1 aliphatic rings. The van der Waals surface area contributed by atoms with E-state index in [-0.39, 0.29) is 5.91 Å². The van der Waals surface area contributed by atoms with Crippen LogP contribution in [0.2, 0.25) is 0 Å². The van der Waals surface area contributed by atoms with Gasteiger partial charge in [-0.2, -0.15) is 0 Å². The first kappa shape index (κ1) is 19.7. The van der Waals surface area contributed by atoms with Crippen molar-refractivity contribution < 1.29 is 14.3 Å². The summed E-state index contributed by atoms with van der Waals surface area (Å²) in [6.45, 7) is 12.2. The Balaban J connectivity index is 2.28. The summed E-state index contributed by atoms with van der Waals surface area (Å²) >= 11 is 0. The lowest BCUT2D eigenvalue weighted by atomic mass is 10.0. The summed E-state index contributed by atoms with van der Waals surface area (Å²) in [5, 5.41) is 2.63. The largest absolute Gasteiger partial charge is 0.444 e. The van der Waals surface area contributed by atoms with Gasteiger partial charge in [0.15, 0.2) is 0 Å². The van der Waals surface area contributed by atoms with Crippen LogP contribution in [0.15, 0.2) is 0 Å². The van der Waals surface area contributed by atoms with Crippen LogP contribution in [0, 0.1) is 0 Å². The number of hydrogen-bond acceptors (Lipinski definition) is 4. The molecule has 0 bridgehead atoms. The zero-order valence-corrected chi connectivity index (χ0v) is 15.5. The molecule has 2 amide bonds. The average Bonchev–Trinajstić information content (AvgIpc) is 2.44. The van der Waals surface area contributed by atoms with E-state index in [0.29, 0.717) is 25.0 Å². The summed E-state index contributed by atoms with van der Waals surface area (Å²) in [7, 11) is 1.87. The zero-order valence-electron chi connectivity index (χ0n) is 15.5. The zero-order chi connectivity index (χ0) is 17.6. The second-order valence-corrected chi connectivity index (χ2v) is 7.54. The Labute approximate surface area is 140 Å². The Bertz CT molecular complexity index is 396. The van der Waals surface area contributed by atoms with E-state index in [1.807, 2.05) is 32.7 Å². The molecular weight excluding hydrogens is 294 g/mol. The number of nitrogens with one attached hydrogen (secondary N) is 1. The first-order chi connectivity index (χ1) is 10.6. The summed E-state index contributed by atoms with van der Waals surface area (Å²) in [6, 6.07) is 0.869. The molecule has 134 valence electrons. The number of carbonyl (C=O) groups excluding carboxylic acids is 2. The lowest BCUT2D eigenvalue weighted by Gasteiger charge is -2.38. The van der Waals surface area contributed by atoms with Gasteiger partial charge in [-0.1, -0.05) is 0 Å². The first-order valence-corrected chi connectivity index (χ1v) is 8.56. The van der Waals surface area contributed by atoms with Gasteiger partial charge in [-0.05, 0) is 47.5 Å². The molecule has 0 radical (unpaired) electrons. The van der Waals surface area contributed by atoms with E-state index in [1.165, 1.54) is 0 Å². The Hall–Kier alpha value is -1.30. The minimum atomic E-state index is -0.519. The number of ether oxygens (including phenoxy) is 1. The number of likely N-dealkylation sites (tertiary alicyclic amines) is 1. The highest BCUT2D eigenvalue weighted by Crippen LogP contribution is 2.17. The van der Waals surface area contributed by atoms with E-state index in [2.05, 4.69) is 24.1 Å². The molecular formula is C17H33N3O3. The molecule has 0 unspecified atom stereocenters. The standard InChI is InChI=1S/C17H33N3O3/c1-13(2)20-11-8-14(9-12-20)19(6)15(21)7-10-18-16(22)23-17(3,4)5/h13-14H,7-12H2,1-6H3,(H,18,22). The molecule has 6 heteroatoms. The van der Waals surface area contributed by atoms with E-state index in [9.17, 15) is 9.59 Å². The van der Waals surface area contributed by atoms with Crippen molar-refractivity contribution >= 4 is 12.0 Å². The fraction of sp³-hybridized carbons (Fsp3) is 0.882. The number of rotatable bonds is 5. The number of nitrogens with zero attached hydrogens (tertiary/aromatic N) is 2. The SMILES string of the molecule is CC(C)N1CCC(N(C)C(=O)CCNC(=O)OC(C)(C)C)CC1. The maximum atomic E-state index is 12.2. The Morgan fingerprint density at radius 3 is 2.30 bits per heavy atom. The van der Waals surface area contributed by atoms with Crippen LogP contribution in [0.3, 0.4) is 0 Å². The molecule has 23 heavy (non-hydrogen) atoms. The van der Waals surface area contributed by atoms with Crippen LogP contribution in [-0.4, -0.2) is 66.2 Å². The van der Waals surface area contributed by atoms with Crippen molar-refractivity contribution in [2.45, 2.75) is 71.6 Å². The third-order valence-corrected chi connectivity index (χ3v) is 4.18. The van der Waals surface area contributed by atoms with Crippen LogP contribution >= 0.6 is 0 Å². The molecule has 1 fully saturated rings. The van der Waals surface area contributed by atoms with Gasteiger partial charge in [0.25, 0.3) is 0 Å². The van der Waals surface area contributed by atoms with Crippen LogP contribution in [0.4, 0.5) is 4.79 Å². The summed E-state index contributed by atoms with van der Waals surface area (Å²) in [5.74, 6) is 0.0732. The molecule has 1 saturated heterocycles. The van der Waals surface area contributed by atoms with E-state index in [1.54, 1.807) is 0 Å². The first-order valence-electron chi connectivity index (χ1n) is 8.56. The monoisotopic (exact) mass is 327 g/mol. The third kappa shape index (κ3) is 7.20. The summed E-state index contributed by atoms with van der Waals surface area (Å²) in [5.41, 5.74) is -0.519. The number of carbonyl (C=O) groups is 2. The molecule has 0 atom stereocenters. The van der Waals surface area contributed by atoms with Gasteiger partial charge in [0.2, 0.25) is 5.91 Å². The highest BCUT2D eigenvalue weighted by atomic mass is 16.6. The van der Waals surface area contributed by atoms with Gasteiger partial charge in [-0.25, -0.2) is 4.79 Å². The molecule has 0 spiro atoms. The maximum absolute atomic E-state index is 12.2. The predicted octanol–water partition coefficient (Wildman–Crippen LogP) is 2.23. The summed E-state index contributed by atoms with van der Waals surface area (Å²) < 4.78 is 5.15. The second kappa shape index (κ2) is 8.52. The Morgan fingerprint density at radius 2 is 1.83 bits per heavy atom. The van der Waals surface area contributed by atoms with E-state index >= 15 is 0 Å². The summed E-state index contributed by atoms with van der Waals surface area (Å²) in [6.07, 6.45) is 1.86. The summed E-state index contributed by atoms with van der Waals surface area (Å²) in [4.78, 5) is 28.1. The van der Waals surface area contributed by atoms with Crippen molar-refractivity contribution in [1.29, 1.82) is 0 Å². The third-order valence-electron chi connectivity index (χ3n) is 4.18. The van der Waals surface area contributed by atoms with Gasteiger partial charge in [0.1, 0.15) is 5.60 Å². The van der Waals surface area contributed by atoms with Gasteiger partial charge in [0.05, 0.1) is 0 Å². The number of piperidine rings is 1. The number of amides is 2. The maximum Gasteiger partial charge on any atom is 0.407 e. The van der Waals surface area contributed by atoms with E-state index in [4.69, 9.17) is 4.74 Å². The molecule has 0 aliphatic carbocycles. The van der Waals surface area contributed by atoms with Crippen LogP contribution in [0.1, 0.15) is 53.9 Å². The number of hydrogen-bond donors (Lipinski definition) is 1. The minimum absolute atomic E-state index is 0.0732. The normalized spacial score (nSPS) is 17.2. The van der Waals surface area contributed by atoms with Crippen LogP contribution in [-0.2, 0) is 9.53 Å². The molecule has 0 aromatic carbocycles. The van der Waals surface area contributed by atoms with Gasteiger partial charge in [-0.3, -0.25) is 4.79 Å². The molecule has 1 N–H and O–H groups in total.